The summed E-state index contributed by atoms with van der Waals surface area (Å²) < 4.78 is 0. The Labute approximate surface area is 246 Å². The summed E-state index contributed by atoms with van der Waals surface area (Å²) in [5, 5.41) is 4.52. The summed E-state index contributed by atoms with van der Waals surface area (Å²) in [4.78, 5) is 12.0. The maximum absolute atomic E-state index is 12.0. The number of ketones is 1. The van der Waals surface area contributed by atoms with Crippen molar-refractivity contribution in [3.63, 3.8) is 0 Å². The van der Waals surface area contributed by atoms with E-state index in [2.05, 4.69) is 91.0 Å². The maximum atomic E-state index is 12.0. The van der Waals surface area contributed by atoms with E-state index in [9.17, 15) is 4.79 Å². The van der Waals surface area contributed by atoms with E-state index < -0.39 is 7.26 Å². The van der Waals surface area contributed by atoms with Gasteiger partial charge in [-0.3, -0.25) is 4.79 Å². The summed E-state index contributed by atoms with van der Waals surface area (Å²) in [5.74, 6) is 0.414. The SMILES string of the molecule is CC(C)(C)C(=O)CCCCCCCCCCCCCCC[P+](c1ccccc1)(c1ccccc1)c1ccccc1. The fourth-order valence-corrected chi connectivity index (χ4v) is 10.2. The van der Waals surface area contributed by atoms with Crippen LogP contribution in [0.25, 0.3) is 0 Å². The lowest BCUT2D eigenvalue weighted by Crippen LogP contribution is -2.33. The van der Waals surface area contributed by atoms with Gasteiger partial charge in [-0.1, -0.05) is 140 Å². The van der Waals surface area contributed by atoms with Gasteiger partial charge in [0.25, 0.3) is 0 Å². The molecule has 0 aliphatic heterocycles. The van der Waals surface area contributed by atoms with Crippen molar-refractivity contribution < 1.29 is 4.79 Å². The third-order valence-electron chi connectivity index (χ3n) is 8.32. The average molecular weight is 558 g/mol. The minimum Gasteiger partial charge on any atom is -0.299 e. The van der Waals surface area contributed by atoms with Gasteiger partial charge in [-0.05, 0) is 55.7 Å². The van der Waals surface area contributed by atoms with Crippen molar-refractivity contribution in [2.75, 3.05) is 6.16 Å². The molecule has 3 rings (SSSR count). The molecule has 2 heteroatoms. The Morgan fingerprint density at radius 1 is 0.475 bits per heavy atom. The Morgan fingerprint density at radius 3 is 1.10 bits per heavy atom. The van der Waals surface area contributed by atoms with Gasteiger partial charge in [0.15, 0.2) is 0 Å². The fraction of sp³-hybridized carbons (Fsp3) is 0.500. The molecule has 1 nitrogen and oxygen atoms in total. The van der Waals surface area contributed by atoms with E-state index in [4.69, 9.17) is 0 Å². The van der Waals surface area contributed by atoms with Crippen LogP contribution in [0.4, 0.5) is 0 Å². The lowest BCUT2D eigenvalue weighted by atomic mass is 9.88. The van der Waals surface area contributed by atoms with Crippen LogP contribution in [0.15, 0.2) is 91.0 Å². The second-order valence-corrected chi connectivity index (χ2v) is 16.2. The molecule has 3 aromatic rings. The highest BCUT2D eigenvalue weighted by Crippen LogP contribution is 2.56. The second-order valence-electron chi connectivity index (χ2n) is 12.6. The molecule has 0 bridgehead atoms. The van der Waals surface area contributed by atoms with Crippen molar-refractivity contribution in [1.29, 1.82) is 0 Å². The van der Waals surface area contributed by atoms with Gasteiger partial charge in [-0.2, -0.15) is 0 Å². The predicted octanol–water partition coefficient (Wildman–Crippen LogP) is 10.1. The summed E-state index contributed by atoms with van der Waals surface area (Å²) in [6, 6.07) is 33.9. The van der Waals surface area contributed by atoms with Crippen LogP contribution in [0.2, 0.25) is 0 Å². The van der Waals surface area contributed by atoms with Crippen LogP contribution in [0.1, 0.15) is 111 Å². The molecular weight excluding hydrogens is 503 g/mol. The number of Topliss-reactive ketones (excluding diaryl/α,β-unsaturated/α-hetero) is 1. The molecule has 0 saturated carbocycles. The zero-order valence-corrected chi connectivity index (χ0v) is 26.5. The summed E-state index contributed by atoms with van der Waals surface area (Å²) in [7, 11) is -1.67. The second kappa shape index (κ2) is 17.5. The number of hydrogen-bond acceptors (Lipinski definition) is 1. The van der Waals surface area contributed by atoms with Gasteiger partial charge in [0, 0.05) is 11.8 Å². The van der Waals surface area contributed by atoms with E-state index >= 15 is 0 Å². The number of benzene rings is 3. The average Bonchev–Trinajstić information content (AvgIpc) is 2.98. The number of carbonyl (C=O) groups excluding carboxylic acids is 1. The normalized spacial score (nSPS) is 12.0. The van der Waals surface area contributed by atoms with Gasteiger partial charge in [-0.25, -0.2) is 0 Å². The van der Waals surface area contributed by atoms with E-state index in [1.807, 2.05) is 20.8 Å². The molecule has 0 unspecified atom stereocenters. The van der Waals surface area contributed by atoms with E-state index in [1.165, 1.54) is 99.1 Å². The van der Waals surface area contributed by atoms with Gasteiger partial charge < -0.3 is 0 Å². The first-order valence-electron chi connectivity index (χ1n) is 16.0. The van der Waals surface area contributed by atoms with Crippen LogP contribution in [0, 0.1) is 5.41 Å². The molecule has 0 spiro atoms. The monoisotopic (exact) mass is 557 g/mol. The van der Waals surface area contributed by atoms with Crippen LogP contribution in [-0.4, -0.2) is 11.9 Å². The molecule has 40 heavy (non-hydrogen) atoms. The van der Waals surface area contributed by atoms with Crippen molar-refractivity contribution in [3.05, 3.63) is 91.0 Å². The number of hydrogen-bond donors (Lipinski definition) is 0. The molecule has 0 aliphatic rings. The van der Waals surface area contributed by atoms with Gasteiger partial charge in [0.1, 0.15) is 29.0 Å². The minimum atomic E-state index is -1.67. The van der Waals surface area contributed by atoms with E-state index in [0.717, 1.165) is 12.8 Å². The van der Waals surface area contributed by atoms with Gasteiger partial charge in [0.2, 0.25) is 0 Å². The van der Waals surface area contributed by atoms with Gasteiger partial charge >= 0.3 is 0 Å². The molecule has 0 aromatic heterocycles. The smallest absolute Gasteiger partial charge is 0.138 e. The predicted molar refractivity (Wildman–Crippen MR) is 179 cm³/mol. The van der Waals surface area contributed by atoms with E-state index in [0.29, 0.717) is 5.78 Å². The molecule has 0 heterocycles. The Hall–Kier alpha value is -2.24. The van der Waals surface area contributed by atoms with Crippen molar-refractivity contribution in [2.45, 2.75) is 111 Å². The standard InChI is InChI=1S/C38H54OP/c1-38(2,3)37(39)32-24-13-11-9-7-5-4-6-8-10-12-14-25-33-40(34-26-18-15-19-27-34,35-28-20-16-21-29-35)36-30-22-17-23-31-36/h15-23,26-31H,4-14,24-25,32-33H2,1-3H3/q+1. The number of unbranched alkanes of at least 4 members (excludes halogenated alkanes) is 12. The minimum absolute atomic E-state index is 0.168. The van der Waals surface area contributed by atoms with E-state index in [1.54, 1.807) is 0 Å². The Kier molecular flexibility index (Phi) is 14.2. The molecule has 0 atom stereocenters. The van der Waals surface area contributed by atoms with Crippen LogP contribution in [0.3, 0.4) is 0 Å². The lowest BCUT2D eigenvalue weighted by Gasteiger charge is -2.27. The molecule has 3 aromatic carbocycles. The molecule has 216 valence electrons. The number of carbonyl (C=O) groups is 1. The highest BCUT2D eigenvalue weighted by Gasteiger charge is 2.44. The van der Waals surface area contributed by atoms with Crippen molar-refractivity contribution >= 4 is 29.0 Å². The van der Waals surface area contributed by atoms with Crippen LogP contribution in [-0.2, 0) is 4.79 Å². The van der Waals surface area contributed by atoms with Crippen molar-refractivity contribution in [2.24, 2.45) is 5.41 Å². The van der Waals surface area contributed by atoms with Crippen LogP contribution < -0.4 is 15.9 Å². The zero-order valence-electron chi connectivity index (χ0n) is 25.6. The first-order chi connectivity index (χ1) is 19.4. The van der Waals surface area contributed by atoms with Gasteiger partial charge in [-0.15, -0.1) is 0 Å². The Morgan fingerprint density at radius 2 is 0.775 bits per heavy atom. The third-order valence-corrected chi connectivity index (χ3v) is 12.9. The molecular formula is C38H54OP+. The van der Waals surface area contributed by atoms with Crippen molar-refractivity contribution in [3.8, 4) is 0 Å². The molecule has 0 fully saturated rings. The van der Waals surface area contributed by atoms with Crippen LogP contribution in [0.5, 0.6) is 0 Å². The van der Waals surface area contributed by atoms with Crippen LogP contribution >= 0.6 is 7.26 Å². The highest BCUT2D eigenvalue weighted by molar-refractivity contribution is 7.95. The third kappa shape index (κ3) is 10.3. The first kappa shape index (κ1) is 32.3. The summed E-state index contributed by atoms with van der Waals surface area (Å²) in [5.41, 5.74) is -0.168. The quantitative estimate of drug-likeness (QED) is 0.106. The fourth-order valence-electron chi connectivity index (χ4n) is 5.84. The molecule has 0 radical (unpaired) electrons. The van der Waals surface area contributed by atoms with E-state index in [-0.39, 0.29) is 5.41 Å². The molecule has 0 N–H and O–H groups in total. The largest absolute Gasteiger partial charge is 0.299 e. The zero-order chi connectivity index (χ0) is 28.5. The Bertz CT molecular complexity index is 972. The molecule has 0 amide bonds. The van der Waals surface area contributed by atoms with Crippen molar-refractivity contribution in [1.82, 2.24) is 0 Å². The first-order valence-corrected chi connectivity index (χ1v) is 18.0. The lowest BCUT2D eigenvalue weighted by molar-refractivity contribution is -0.126. The highest BCUT2D eigenvalue weighted by atomic mass is 31.2. The topological polar surface area (TPSA) is 17.1 Å². The Balaban J connectivity index is 1.35. The summed E-state index contributed by atoms with van der Waals surface area (Å²) >= 11 is 0. The maximum Gasteiger partial charge on any atom is 0.138 e. The molecule has 0 saturated heterocycles. The van der Waals surface area contributed by atoms with Gasteiger partial charge in [0.05, 0.1) is 6.16 Å². The summed E-state index contributed by atoms with van der Waals surface area (Å²) in [6.45, 7) is 6.10. The summed E-state index contributed by atoms with van der Waals surface area (Å²) in [6.07, 6.45) is 19.1. The number of rotatable bonds is 19. The molecule has 0 aliphatic carbocycles.